The minimum Gasteiger partial charge on any atom is -0.299 e. The first-order chi connectivity index (χ1) is 13.4. The number of aryl methyl sites for hydroxylation is 1. The van der Waals surface area contributed by atoms with E-state index in [1.807, 2.05) is 19.9 Å². The summed E-state index contributed by atoms with van der Waals surface area (Å²) in [4.78, 5) is 30.7. The number of allylic oxidation sites excluding steroid dienone is 5. The third-order valence-corrected chi connectivity index (χ3v) is 7.06. The minimum absolute atomic E-state index is 0.0275. The first-order valence-corrected chi connectivity index (χ1v) is 10.4. The molecule has 5 nitrogen and oxygen atoms in total. The van der Waals surface area contributed by atoms with E-state index in [0.717, 1.165) is 46.5 Å². The maximum Gasteiger partial charge on any atom is 0.263 e. The zero-order valence-electron chi connectivity index (χ0n) is 15.6. The molecular formula is C21H19N3O2S2. The quantitative estimate of drug-likeness (QED) is 0.336. The van der Waals surface area contributed by atoms with Crippen LogP contribution in [-0.2, 0) is 22.4 Å². The number of carbonyl (C=O) groups is 2. The maximum absolute atomic E-state index is 12.2. The molecule has 1 atom stereocenters. The molecule has 2 aliphatic carbocycles. The van der Waals surface area contributed by atoms with Crippen LogP contribution in [0.4, 0.5) is 5.69 Å². The molecule has 0 bridgehead atoms. The summed E-state index contributed by atoms with van der Waals surface area (Å²) in [5.41, 5.74) is 5.11. The zero-order valence-corrected chi connectivity index (χ0v) is 17.3. The van der Waals surface area contributed by atoms with Crippen LogP contribution in [0.5, 0.6) is 0 Å². The van der Waals surface area contributed by atoms with Crippen LogP contribution in [0.15, 0.2) is 34.4 Å². The molecular weight excluding hydrogens is 390 g/mol. The Kier molecular flexibility index (Phi) is 4.77. The summed E-state index contributed by atoms with van der Waals surface area (Å²) in [7, 11) is 0. The molecule has 28 heavy (non-hydrogen) atoms. The maximum atomic E-state index is 12.2. The topological polar surface area (TPSA) is 62.6 Å². The number of rotatable bonds is 2. The van der Waals surface area contributed by atoms with Gasteiger partial charge in [-0.3, -0.25) is 20.2 Å². The summed E-state index contributed by atoms with van der Waals surface area (Å²) in [6.45, 7) is 11.8. The monoisotopic (exact) mass is 409 g/mol. The number of amides is 2. The molecule has 1 fully saturated rings. The van der Waals surface area contributed by atoms with Crippen molar-refractivity contribution in [2.45, 2.75) is 45.4 Å². The highest BCUT2D eigenvalue weighted by atomic mass is 32.1. The highest BCUT2D eigenvalue weighted by Crippen LogP contribution is 2.50. The average molecular weight is 410 g/mol. The van der Waals surface area contributed by atoms with E-state index in [4.69, 9.17) is 18.8 Å². The molecule has 2 heterocycles. The predicted octanol–water partition coefficient (Wildman–Crippen LogP) is 3.99. The van der Waals surface area contributed by atoms with Crippen molar-refractivity contribution in [1.82, 2.24) is 10.6 Å². The molecule has 0 radical (unpaired) electrons. The fraction of sp³-hybridized carbons (Fsp3) is 0.333. The number of fused-ring (bicyclic) bond motifs is 1. The molecule has 4 rings (SSSR count). The molecule has 0 aromatic carbocycles. The van der Waals surface area contributed by atoms with Gasteiger partial charge in [0, 0.05) is 10.8 Å². The number of hydrogen-bond donors (Lipinski definition) is 2. The van der Waals surface area contributed by atoms with E-state index in [2.05, 4.69) is 15.5 Å². The van der Waals surface area contributed by atoms with Crippen molar-refractivity contribution >= 4 is 46.2 Å². The Hall–Kier alpha value is -2.56. The van der Waals surface area contributed by atoms with Gasteiger partial charge in [0.2, 0.25) is 5.69 Å². The number of hydrogen-bond acceptors (Lipinski definition) is 4. The van der Waals surface area contributed by atoms with Crippen LogP contribution in [0.3, 0.4) is 0 Å². The van der Waals surface area contributed by atoms with Gasteiger partial charge in [0.15, 0.2) is 5.11 Å². The van der Waals surface area contributed by atoms with E-state index in [1.165, 1.54) is 16.9 Å². The molecule has 7 heteroatoms. The Labute approximate surface area is 173 Å². The predicted molar refractivity (Wildman–Crippen MR) is 113 cm³/mol. The summed E-state index contributed by atoms with van der Waals surface area (Å²) in [5.74, 6) is -0.948. The number of nitrogens with zero attached hydrogens (tertiary/aromatic N) is 1. The molecule has 1 aliphatic heterocycles. The van der Waals surface area contributed by atoms with Crippen LogP contribution in [-0.4, -0.2) is 16.9 Å². The van der Waals surface area contributed by atoms with Gasteiger partial charge in [-0.25, -0.2) is 4.85 Å². The molecule has 2 N–H and O–H groups in total. The van der Waals surface area contributed by atoms with Gasteiger partial charge in [-0.1, -0.05) is 23.6 Å². The highest BCUT2D eigenvalue weighted by molar-refractivity contribution is 7.80. The van der Waals surface area contributed by atoms with Gasteiger partial charge in [-0.05, 0) is 67.4 Å². The average Bonchev–Trinajstić information content (AvgIpc) is 3.14. The van der Waals surface area contributed by atoms with Crippen molar-refractivity contribution < 1.29 is 9.59 Å². The van der Waals surface area contributed by atoms with Crippen LogP contribution in [0.25, 0.3) is 4.85 Å². The largest absolute Gasteiger partial charge is 0.299 e. The Bertz CT molecular complexity index is 1040. The molecule has 142 valence electrons. The van der Waals surface area contributed by atoms with Gasteiger partial charge >= 0.3 is 0 Å². The van der Waals surface area contributed by atoms with Gasteiger partial charge in [0.25, 0.3) is 11.8 Å². The molecule has 1 aromatic rings. The lowest BCUT2D eigenvalue weighted by atomic mass is 9.91. The standard InChI is InChI=1S/C21H19N3O2S2/c1-10-8-12(9-14-19(25)23-21(27)24-20(14)26)11(2)16(10)18-17(22-3)13-6-4-5-7-15(13)28-18/h8-9,16H,4-7H2,1-2H3,(H2,23,24,25,26,27). The van der Waals surface area contributed by atoms with E-state index in [-0.39, 0.29) is 16.6 Å². The Balaban J connectivity index is 1.76. The molecule has 1 aromatic heterocycles. The van der Waals surface area contributed by atoms with Gasteiger partial charge in [-0.2, -0.15) is 11.3 Å². The van der Waals surface area contributed by atoms with Crippen molar-refractivity contribution in [3.8, 4) is 0 Å². The highest BCUT2D eigenvalue weighted by Gasteiger charge is 2.32. The lowest BCUT2D eigenvalue weighted by molar-refractivity contribution is -0.123. The first-order valence-electron chi connectivity index (χ1n) is 9.20. The Morgan fingerprint density at radius 2 is 1.89 bits per heavy atom. The van der Waals surface area contributed by atoms with Gasteiger partial charge in [0.1, 0.15) is 5.57 Å². The summed E-state index contributed by atoms with van der Waals surface area (Å²) in [5, 5.41) is 4.96. The third kappa shape index (κ3) is 3.03. The second-order valence-corrected chi connectivity index (χ2v) is 8.84. The normalized spacial score (nSPS) is 21.8. The molecule has 0 spiro atoms. The van der Waals surface area contributed by atoms with Crippen molar-refractivity contribution in [2.24, 2.45) is 0 Å². The second kappa shape index (κ2) is 7.12. The lowest BCUT2D eigenvalue weighted by Gasteiger charge is -2.17. The van der Waals surface area contributed by atoms with Crippen LogP contribution in [0.2, 0.25) is 0 Å². The second-order valence-electron chi connectivity index (χ2n) is 7.29. The van der Waals surface area contributed by atoms with E-state index < -0.39 is 11.8 Å². The van der Waals surface area contributed by atoms with Gasteiger partial charge < -0.3 is 0 Å². The SMILES string of the molecule is [C-]#[N+]c1c(C2C(C)=CC(C=C3C(=O)NC(=S)NC3=O)=C2C)sc2c1CCCC2. The first kappa shape index (κ1) is 18.8. The van der Waals surface area contributed by atoms with E-state index in [0.29, 0.717) is 0 Å². The van der Waals surface area contributed by atoms with Crippen molar-refractivity contribution in [3.63, 3.8) is 0 Å². The number of thiocarbonyl (C=S) groups is 1. The molecule has 3 aliphatic rings. The Morgan fingerprint density at radius 1 is 1.21 bits per heavy atom. The number of carbonyl (C=O) groups excluding carboxylic acids is 2. The summed E-state index contributed by atoms with van der Waals surface area (Å²) in [6, 6.07) is 0. The van der Waals surface area contributed by atoms with Gasteiger partial charge in [-0.15, -0.1) is 0 Å². The Morgan fingerprint density at radius 3 is 2.57 bits per heavy atom. The summed E-state index contributed by atoms with van der Waals surface area (Å²) in [6.07, 6.45) is 7.99. The van der Waals surface area contributed by atoms with Gasteiger partial charge in [0.05, 0.1) is 6.57 Å². The number of thiophene rings is 1. The van der Waals surface area contributed by atoms with Crippen molar-refractivity contribution in [2.75, 3.05) is 0 Å². The van der Waals surface area contributed by atoms with Crippen molar-refractivity contribution in [1.29, 1.82) is 0 Å². The van der Waals surface area contributed by atoms with Crippen LogP contribution in [0, 0.1) is 6.57 Å². The van der Waals surface area contributed by atoms with Crippen LogP contribution < -0.4 is 10.6 Å². The van der Waals surface area contributed by atoms with Crippen molar-refractivity contribution in [3.05, 3.63) is 61.2 Å². The van der Waals surface area contributed by atoms with E-state index >= 15 is 0 Å². The third-order valence-electron chi connectivity index (χ3n) is 5.51. The fourth-order valence-electron chi connectivity index (χ4n) is 4.16. The lowest BCUT2D eigenvalue weighted by Crippen LogP contribution is -2.51. The summed E-state index contributed by atoms with van der Waals surface area (Å²) < 4.78 is 0. The smallest absolute Gasteiger partial charge is 0.263 e. The summed E-state index contributed by atoms with van der Waals surface area (Å²) >= 11 is 6.60. The molecule has 1 unspecified atom stereocenters. The van der Waals surface area contributed by atoms with Crippen LogP contribution >= 0.6 is 23.6 Å². The molecule has 2 amide bonds. The van der Waals surface area contributed by atoms with E-state index in [9.17, 15) is 9.59 Å². The molecule has 1 saturated heterocycles. The molecule has 0 saturated carbocycles. The van der Waals surface area contributed by atoms with E-state index in [1.54, 1.807) is 17.4 Å². The van der Waals surface area contributed by atoms with Crippen LogP contribution in [0.1, 0.15) is 47.9 Å². The minimum atomic E-state index is -0.489. The number of nitrogens with one attached hydrogen (secondary N) is 2. The fourth-order valence-corrected chi connectivity index (χ4v) is 5.93. The zero-order chi connectivity index (χ0) is 20.0.